The molecule has 0 saturated carbocycles. The molecule has 0 atom stereocenters. The first-order valence-electron chi connectivity index (χ1n) is 9.36. The predicted octanol–water partition coefficient (Wildman–Crippen LogP) is 6.34. The second-order valence-electron chi connectivity index (χ2n) is 6.82. The Morgan fingerprint density at radius 1 is 1.09 bits per heavy atom. The number of ether oxygens (including phenoxy) is 1. The fraction of sp³-hybridized carbons (Fsp3) is 0.0870. The lowest BCUT2D eigenvalue weighted by Gasteiger charge is -2.22. The Hall–Kier alpha value is -2.81. The highest BCUT2D eigenvalue weighted by Crippen LogP contribution is 2.28. The summed E-state index contributed by atoms with van der Waals surface area (Å²) >= 11 is 10.9. The normalized spacial score (nSPS) is 10.9. The molecule has 1 heterocycles. The Bertz CT molecular complexity index is 1330. The van der Waals surface area contributed by atoms with Gasteiger partial charge in [-0.25, -0.2) is 9.37 Å². The molecule has 9 heteroatoms. The van der Waals surface area contributed by atoms with Crippen LogP contribution in [-0.4, -0.2) is 28.8 Å². The minimum absolute atomic E-state index is 0.0344. The van der Waals surface area contributed by atoms with Crippen LogP contribution in [-0.2, 0) is 6.54 Å². The number of amides is 2. The number of fused-ring (bicyclic) bond motifs is 1. The van der Waals surface area contributed by atoms with Crippen LogP contribution >= 0.6 is 38.9 Å². The van der Waals surface area contributed by atoms with E-state index in [1.807, 2.05) is 0 Å². The number of aromatic nitrogens is 1. The SMILES string of the molecule is COc1ccc(CN(C(=O)c2ccc3sc(Br)nc3c2)C(=O)c2cc(F)ccc2Cl)cc1. The lowest BCUT2D eigenvalue weighted by Crippen LogP contribution is -2.36. The van der Waals surface area contributed by atoms with Gasteiger partial charge in [-0.3, -0.25) is 14.5 Å². The van der Waals surface area contributed by atoms with Crippen LogP contribution in [0.2, 0.25) is 5.02 Å². The molecule has 0 N–H and O–H groups in total. The summed E-state index contributed by atoms with van der Waals surface area (Å²) in [4.78, 5) is 32.2. The number of halogens is 3. The van der Waals surface area contributed by atoms with Gasteiger partial charge < -0.3 is 4.74 Å². The van der Waals surface area contributed by atoms with Crippen LogP contribution in [0.3, 0.4) is 0 Å². The maximum absolute atomic E-state index is 13.8. The lowest BCUT2D eigenvalue weighted by molar-refractivity contribution is 0.0603. The van der Waals surface area contributed by atoms with E-state index in [0.29, 0.717) is 20.7 Å². The third-order valence-electron chi connectivity index (χ3n) is 4.76. The number of thiazole rings is 1. The molecule has 4 rings (SSSR count). The molecule has 1 aromatic heterocycles. The molecule has 0 aliphatic rings. The molecule has 0 saturated heterocycles. The van der Waals surface area contributed by atoms with Gasteiger partial charge in [0, 0.05) is 5.56 Å². The van der Waals surface area contributed by atoms with Crippen LogP contribution < -0.4 is 4.74 Å². The Morgan fingerprint density at radius 3 is 2.56 bits per heavy atom. The molecular weight excluding hydrogens is 519 g/mol. The third-order valence-corrected chi connectivity index (χ3v) is 6.57. The minimum Gasteiger partial charge on any atom is -0.497 e. The van der Waals surface area contributed by atoms with E-state index in [2.05, 4.69) is 20.9 Å². The third kappa shape index (κ3) is 4.67. The van der Waals surface area contributed by atoms with Crippen LogP contribution in [0.4, 0.5) is 4.39 Å². The van der Waals surface area contributed by atoms with Crippen molar-refractivity contribution in [3.63, 3.8) is 0 Å². The first-order chi connectivity index (χ1) is 15.4. The Balaban J connectivity index is 1.74. The maximum atomic E-state index is 13.8. The topological polar surface area (TPSA) is 59.5 Å². The second-order valence-corrected chi connectivity index (χ2v) is 9.53. The molecule has 0 bridgehead atoms. The van der Waals surface area contributed by atoms with Gasteiger partial charge in [-0.2, -0.15) is 0 Å². The van der Waals surface area contributed by atoms with Gasteiger partial charge in [0.25, 0.3) is 11.8 Å². The Labute approximate surface area is 200 Å². The number of carbonyl (C=O) groups excluding carboxylic acids is 2. The zero-order valence-corrected chi connectivity index (χ0v) is 19.8. The number of imide groups is 1. The molecule has 0 fully saturated rings. The monoisotopic (exact) mass is 532 g/mol. The highest BCUT2D eigenvalue weighted by atomic mass is 79.9. The van der Waals surface area contributed by atoms with E-state index < -0.39 is 17.6 Å². The molecule has 0 aliphatic heterocycles. The van der Waals surface area contributed by atoms with Crippen LogP contribution in [0.25, 0.3) is 10.2 Å². The van der Waals surface area contributed by atoms with Crippen molar-refractivity contribution >= 4 is 60.9 Å². The van der Waals surface area contributed by atoms with Gasteiger partial charge >= 0.3 is 0 Å². The fourth-order valence-corrected chi connectivity index (χ4v) is 4.73. The first kappa shape index (κ1) is 22.4. The van der Waals surface area contributed by atoms with E-state index >= 15 is 0 Å². The largest absolute Gasteiger partial charge is 0.497 e. The average molecular weight is 534 g/mol. The zero-order valence-electron chi connectivity index (χ0n) is 16.6. The Morgan fingerprint density at radius 2 is 1.84 bits per heavy atom. The lowest BCUT2D eigenvalue weighted by atomic mass is 10.1. The van der Waals surface area contributed by atoms with Gasteiger partial charge in [-0.1, -0.05) is 23.7 Å². The van der Waals surface area contributed by atoms with Gasteiger partial charge in [0.15, 0.2) is 3.92 Å². The van der Waals surface area contributed by atoms with Crippen molar-refractivity contribution in [1.82, 2.24) is 9.88 Å². The van der Waals surface area contributed by atoms with Crippen molar-refractivity contribution in [2.24, 2.45) is 0 Å². The van der Waals surface area contributed by atoms with Gasteiger partial charge in [0.1, 0.15) is 11.6 Å². The smallest absolute Gasteiger partial charge is 0.262 e. The standard InChI is InChI=1S/C23H15BrClFN2O3S/c1-31-16-6-2-13(3-7-16)12-28(22(30)17-11-15(26)5-8-18(17)25)21(29)14-4-9-20-19(10-14)27-23(24)32-20/h2-11H,12H2,1H3. The minimum atomic E-state index is -0.699. The summed E-state index contributed by atoms with van der Waals surface area (Å²) < 4.78 is 20.6. The average Bonchev–Trinajstić information content (AvgIpc) is 3.17. The summed E-state index contributed by atoms with van der Waals surface area (Å²) in [6, 6.07) is 15.5. The molecule has 0 unspecified atom stereocenters. The fourth-order valence-electron chi connectivity index (χ4n) is 3.14. The maximum Gasteiger partial charge on any atom is 0.262 e. The van der Waals surface area contributed by atoms with Crippen LogP contribution in [0, 0.1) is 5.82 Å². The highest BCUT2D eigenvalue weighted by Gasteiger charge is 2.27. The highest BCUT2D eigenvalue weighted by molar-refractivity contribution is 9.11. The summed E-state index contributed by atoms with van der Waals surface area (Å²) in [5.74, 6) is -1.22. The number of benzene rings is 3. The molecule has 0 spiro atoms. The van der Waals surface area contributed by atoms with Crippen molar-refractivity contribution in [2.75, 3.05) is 7.11 Å². The molecule has 0 aliphatic carbocycles. The van der Waals surface area contributed by atoms with Crippen molar-refractivity contribution in [3.8, 4) is 5.75 Å². The Kier molecular flexibility index (Phi) is 6.55. The number of hydrogen-bond acceptors (Lipinski definition) is 5. The van der Waals surface area contributed by atoms with Gasteiger partial charge in [-0.15, -0.1) is 11.3 Å². The number of rotatable bonds is 5. The molecule has 2 amide bonds. The number of hydrogen-bond donors (Lipinski definition) is 0. The van der Waals surface area contributed by atoms with Crippen molar-refractivity contribution in [3.05, 3.63) is 92.1 Å². The van der Waals surface area contributed by atoms with E-state index in [1.54, 1.807) is 49.6 Å². The van der Waals surface area contributed by atoms with E-state index in [1.165, 1.54) is 17.4 Å². The van der Waals surface area contributed by atoms with Crippen molar-refractivity contribution < 1.29 is 18.7 Å². The van der Waals surface area contributed by atoms with E-state index in [9.17, 15) is 14.0 Å². The van der Waals surface area contributed by atoms with Crippen LogP contribution in [0.5, 0.6) is 5.75 Å². The molecule has 5 nitrogen and oxygen atoms in total. The van der Waals surface area contributed by atoms with Gasteiger partial charge in [-0.05, 0) is 70.0 Å². The van der Waals surface area contributed by atoms with E-state index in [-0.39, 0.29) is 22.7 Å². The summed E-state index contributed by atoms with van der Waals surface area (Å²) in [7, 11) is 1.55. The van der Waals surface area contributed by atoms with Gasteiger partial charge in [0.2, 0.25) is 0 Å². The number of methoxy groups -OCH3 is 1. The van der Waals surface area contributed by atoms with Gasteiger partial charge in [0.05, 0.1) is 34.5 Å². The molecule has 32 heavy (non-hydrogen) atoms. The van der Waals surface area contributed by atoms with Crippen LogP contribution in [0.15, 0.2) is 64.6 Å². The number of carbonyl (C=O) groups is 2. The molecule has 4 aromatic rings. The molecular formula is C23H15BrClFN2O3S. The predicted molar refractivity (Wildman–Crippen MR) is 126 cm³/mol. The van der Waals surface area contributed by atoms with Crippen LogP contribution in [0.1, 0.15) is 26.3 Å². The van der Waals surface area contributed by atoms with E-state index in [0.717, 1.165) is 21.7 Å². The molecule has 3 aromatic carbocycles. The zero-order chi connectivity index (χ0) is 22.8. The summed E-state index contributed by atoms with van der Waals surface area (Å²) in [6.07, 6.45) is 0. The first-order valence-corrected chi connectivity index (χ1v) is 11.3. The van der Waals surface area contributed by atoms with Crippen molar-refractivity contribution in [2.45, 2.75) is 6.54 Å². The molecule has 162 valence electrons. The van der Waals surface area contributed by atoms with E-state index in [4.69, 9.17) is 16.3 Å². The molecule has 0 radical (unpaired) electrons. The summed E-state index contributed by atoms with van der Waals surface area (Å²) in [6.45, 7) is -0.0344. The quantitative estimate of drug-likeness (QED) is 0.281. The summed E-state index contributed by atoms with van der Waals surface area (Å²) in [5, 5.41) is 0.0582. The second kappa shape index (κ2) is 9.36. The van der Waals surface area contributed by atoms with Crippen molar-refractivity contribution in [1.29, 1.82) is 0 Å². The summed E-state index contributed by atoms with van der Waals surface area (Å²) in [5.41, 5.74) is 1.52. The number of nitrogens with zero attached hydrogens (tertiary/aromatic N) is 2.